The maximum Gasteiger partial charge on any atom is 0.0914 e. The third-order valence-corrected chi connectivity index (χ3v) is 1.26. The number of hydrogen-bond donors (Lipinski definition) is 2. The van der Waals surface area contributed by atoms with Crippen molar-refractivity contribution < 1.29 is 0 Å². The van der Waals surface area contributed by atoms with Crippen LogP contribution in [-0.2, 0) is 0 Å². The van der Waals surface area contributed by atoms with E-state index in [1.165, 1.54) is 0 Å². The van der Waals surface area contributed by atoms with Gasteiger partial charge in [-0.25, -0.2) is 0 Å². The van der Waals surface area contributed by atoms with Gasteiger partial charge in [0.25, 0.3) is 0 Å². The van der Waals surface area contributed by atoms with Gasteiger partial charge in [0.1, 0.15) is 0 Å². The lowest BCUT2D eigenvalue weighted by molar-refractivity contribution is 0.744. The highest BCUT2D eigenvalue weighted by Crippen LogP contribution is 1.78. The van der Waals surface area contributed by atoms with Gasteiger partial charge in [0.2, 0.25) is 0 Å². The second-order valence-electron chi connectivity index (χ2n) is 2.34. The van der Waals surface area contributed by atoms with E-state index in [-0.39, 0.29) is 0 Å². The van der Waals surface area contributed by atoms with E-state index < -0.39 is 0 Å². The summed E-state index contributed by atoms with van der Waals surface area (Å²) in [7, 11) is 0. The van der Waals surface area contributed by atoms with E-state index >= 15 is 0 Å². The molecular formula is C10H18N2. The minimum atomic E-state index is 0.816. The van der Waals surface area contributed by atoms with E-state index in [1.54, 1.807) is 0 Å². The van der Waals surface area contributed by atoms with Crippen LogP contribution in [0.15, 0.2) is 36.7 Å². The van der Waals surface area contributed by atoms with Gasteiger partial charge in [0.05, 0.1) is 5.82 Å². The van der Waals surface area contributed by atoms with Gasteiger partial charge in [-0.05, 0) is 13.8 Å². The molecule has 0 aromatic rings. The molecule has 0 aromatic heterocycles. The van der Waals surface area contributed by atoms with Gasteiger partial charge in [-0.3, -0.25) is 0 Å². The maximum absolute atomic E-state index is 3.79. The van der Waals surface area contributed by atoms with Crippen molar-refractivity contribution in [2.24, 2.45) is 0 Å². The van der Waals surface area contributed by atoms with Gasteiger partial charge in [-0.1, -0.05) is 30.9 Å². The summed E-state index contributed by atoms with van der Waals surface area (Å²) in [4.78, 5) is 0. The molecule has 0 fully saturated rings. The molecule has 0 spiro atoms. The molecule has 0 amide bonds. The van der Waals surface area contributed by atoms with E-state index in [2.05, 4.69) is 17.2 Å². The van der Waals surface area contributed by atoms with Crippen LogP contribution in [0.4, 0.5) is 0 Å². The average molecular weight is 166 g/mol. The van der Waals surface area contributed by atoms with Crippen molar-refractivity contribution in [1.82, 2.24) is 10.6 Å². The molecule has 0 unspecified atom stereocenters. The molecule has 0 heterocycles. The molecule has 0 atom stereocenters. The third kappa shape index (κ3) is 6.93. The summed E-state index contributed by atoms with van der Waals surface area (Å²) in [6, 6.07) is 0. The van der Waals surface area contributed by atoms with Gasteiger partial charge < -0.3 is 10.6 Å². The predicted molar refractivity (Wildman–Crippen MR) is 54.8 cm³/mol. The Morgan fingerprint density at radius 1 is 1.33 bits per heavy atom. The normalized spacial score (nSPS) is 10.8. The van der Waals surface area contributed by atoms with Crippen molar-refractivity contribution in [2.45, 2.75) is 13.8 Å². The molecule has 2 heteroatoms. The lowest BCUT2D eigenvalue weighted by atomic mass is 10.4. The van der Waals surface area contributed by atoms with Crippen molar-refractivity contribution in [2.75, 3.05) is 13.1 Å². The van der Waals surface area contributed by atoms with E-state index in [9.17, 15) is 0 Å². The molecule has 0 bridgehead atoms. The average Bonchev–Trinajstić information content (AvgIpc) is 2.05. The molecule has 0 radical (unpaired) electrons. The second kappa shape index (κ2) is 7.92. The zero-order valence-corrected chi connectivity index (χ0v) is 7.93. The Morgan fingerprint density at radius 2 is 2.08 bits per heavy atom. The van der Waals surface area contributed by atoms with Crippen LogP contribution >= 0.6 is 0 Å². The molecule has 0 saturated carbocycles. The van der Waals surface area contributed by atoms with Gasteiger partial charge in [-0.15, -0.1) is 0 Å². The molecule has 12 heavy (non-hydrogen) atoms. The van der Waals surface area contributed by atoms with E-state index in [1.807, 2.05) is 38.2 Å². The van der Waals surface area contributed by atoms with Crippen LogP contribution in [0, 0.1) is 0 Å². The molecule has 0 rings (SSSR count). The lowest BCUT2D eigenvalue weighted by Gasteiger charge is -2.07. The van der Waals surface area contributed by atoms with Crippen molar-refractivity contribution in [3.8, 4) is 0 Å². The lowest BCUT2D eigenvalue weighted by Crippen LogP contribution is -2.25. The molecular weight excluding hydrogens is 148 g/mol. The summed E-state index contributed by atoms with van der Waals surface area (Å²) in [6.07, 6.45) is 8.04. The number of rotatable bonds is 6. The van der Waals surface area contributed by atoms with E-state index in [0.717, 1.165) is 18.9 Å². The minimum absolute atomic E-state index is 0.816. The molecule has 0 aliphatic rings. The second-order valence-corrected chi connectivity index (χ2v) is 2.34. The Morgan fingerprint density at radius 3 is 2.67 bits per heavy atom. The van der Waals surface area contributed by atoms with Gasteiger partial charge in [0, 0.05) is 13.1 Å². The molecule has 68 valence electrons. The zero-order valence-electron chi connectivity index (χ0n) is 7.93. The Balaban J connectivity index is 3.36. The van der Waals surface area contributed by atoms with Crippen LogP contribution in [0.5, 0.6) is 0 Å². The van der Waals surface area contributed by atoms with Gasteiger partial charge in [0.15, 0.2) is 0 Å². The largest absolute Gasteiger partial charge is 0.373 e. The summed E-state index contributed by atoms with van der Waals surface area (Å²) in [5.41, 5.74) is 0. The number of nitrogens with one attached hydrogen (secondary N) is 2. The summed E-state index contributed by atoms with van der Waals surface area (Å²) >= 11 is 0. The fourth-order valence-corrected chi connectivity index (χ4v) is 0.716. The highest BCUT2D eigenvalue weighted by molar-refractivity contribution is 5.03. The Bertz CT molecular complexity index is 169. The Kier molecular flexibility index (Phi) is 7.14. The van der Waals surface area contributed by atoms with Crippen LogP contribution in [0.1, 0.15) is 13.8 Å². The van der Waals surface area contributed by atoms with Crippen LogP contribution in [0.25, 0.3) is 0 Å². The van der Waals surface area contributed by atoms with Crippen LogP contribution in [-0.4, -0.2) is 13.1 Å². The quantitative estimate of drug-likeness (QED) is 0.588. The van der Waals surface area contributed by atoms with Gasteiger partial charge >= 0.3 is 0 Å². The van der Waals surface area contributed by atoms with Crippen molar-refractivity contribution in [3.05, 3.63) is 36.7 Å². The van der Waals surface area contributed by atoms with E-state index in [0.29, 0.717) is 0 Å². The first-order valence-electron chi connectivity index (χ1n) is 4.25. The first kappa shape index (κ1) is 10.8. The first-order valence-corrected chi connectivity index (χ1v) is 4.25. The highest BCUT2D eigenvalue weighted by atomic mass is 15.1. The zero-order chi connectivity index (χ0) is 9.23. The fourth-order valence-electron chi connectivity index (χ4n) is 0.716. The molecule has 0 aromatic carbocycles. The molecule has 2 N–H and O–H groups in total. The van der Waals surface area contributed by atoms with Crippen molar-refractivity contribution >= 4 is 0 Å². The van der Waals surface area contributed by atoms with E-state index in [4.69, 9.17) is 0 Å². The highest BCUT2D eigenvalue weighted by Gasteiger charge is 1.83. The van der Waals surface area contributed by atoms with Crippen molar-refractivity contribution in [1.29, 1.82) is 0 Å². The molecule has 0 saturated heterocycles. The molecule has 2 nitrogen and oxygen atoms in total. The van der Waals surface area contributed by atoms with Crippen LogP contribution in [0.3, 0.4) is 0 Å². The van der Waals surface area contributed by atoms with Gasteiger partial charge in [-0.2, -0.15) is 0 Å². The summed E-state index contributed by atoms with van der Waals surface area (Å²) < 4.78 is 0. The predicted octanol–water partition coefficient (Wildman–Crippen LogP) is 1.79. The first-order chi connectivity index (χ1) is 5.81. The Hall–Kier alpha value is -1.18. The molecule has 0 aliphatic carbocycles. The standard InChI is InChI=1S/C10H18N2/c1-4-6-7-8-9-12-10(3)11-5-2/h4,6-8,11-12H,3,5,9H2,1-2H3/b6-4-,8-7+. The fraction of sp³-hybridized carbons (Fsp3) is 0.400. The number of allylic oxidation sites excluding steroid dienone is 3. The number of hydrogen-bond acceptors (Lipinski definition) is 2. The third-order valence-electron chi connectivity index (χ3n) is 1.26. The summed E-state index contributed by atoms with van der Waals surface area (Å²) in [5.74, 6) is 0.877. The van der Waals surface area contributed by atoms with Crippen LogP contribution < -0.4 is 10.6 Å². The van der Waals surface area contributed by atoms with Crippen molar-refractivity contribution in [3.63, 3.8) is 0 Å². The maximum atomic E-state index is 3.79. The topological polar surface area (TPSA) is 24.1 Å². The Labute approximate surface area is 75.1 Å². The smallest absolute Gasteiger partial charge is 0.0914 e. The SMILES string of the molecule is C=C(NCC)NC/C=C/C=C\C. The molecule has 0 aliphatic heterocycles. The summed E-state index contributed by atoms with van der Waals surface area (Å²) in [6.45, 7) is 9.55. The summed E-state index contributed by atoms with van der Waals surface area (Å²) in [5, 5.41) is 6.20. The van der Waals surface area contributed by atoms with Crippen LogP contribution in [0.2, 0.25) is 0 Å². The monoisotopic (exact) mass is 166 g/mol. The minimum Gasteiger partial charge on any atom is -0.373 e.